The minimum absolute atomic E-state index is 0.0191. The number of amides is 1. The van der Waals surface area contributed by atoms with Crippen LogP contribution in [-0.2, 0) is 9.53 Å². The molecule has 3 rings (SSSR count). The number of nitrogens with one attached hydrogen (secondary N) is 1. The minimum atomic E-state index is 0.0191. The van der Waals surface area contributed by atoms with E-state index in [2.05, 4.69) is 22.5 Å². The molecule has 1 saturated heterocycles. The number of anilines is 1. The first-order valence-electron chi connectivity index (χ1n) is 7.41. The molecule has 1 N–H and O–H groups in total. The van der Waals surface area contributed by atoms with E-state index in [1.54, 1.807) is 18.0 Å². The Bertz CT molecular complexity index is 609. The number of rotatable bonds is 6. The second-order valence-electron chi connectivity index (χ2n) is 5.19. The van der Waals surface area contributed by atoms with E-state index in [1.165, 1.54) is 4.90 Å². The summed E-state index contributed by atoms with van der Waals surface area (Å²) in [4.78, 5) is 13.1. The van der Waals surface area contributed by atoms with E-state index in [0.717, 1.165) is 24.5 Å². The molecule has 1 amide bonds. The summed E-state index contributed by atoms with van der Waals surface area (Å²) in [5.41, 5.74) is 0.751. The quantitative estimate of drug-likeness (QED) is 0.832. The van der Waals surface area contributed by atoms with Crippen LogP contribution in [0.4, 0.5) is 5.69 Å². The van der Waals surface area contributed by atoms with Crippen molar-refractivity contribution in [2.75, 3.05) is 24.3 Å². The molecule has 22 heavy (non-hydrogen) atoms. The van der Waals surface area contributed by atoms with Crippen molar-refractivity contribution >= 4 is 23.4 Å². The fourth-order valence-electron chi connectivity index (χ4n) is 2.33. The van der Waals surface area contributed by atoms with Crippen LogP contribution in [0.15, 0.2) is 47.6 Å². The van der Waals surface area contributed by atoms with Crippen LogP contribution in [0.5, 0.6) is 0 Å². The Morgan fingerprint density at radius 3 is 3.05 bits per heavy atom. The summed E-state index contributed by atoms with van der Waals surface area (Å²) in [6.07, 6.45) is 5.03. The molecular formula is C16H19N3O2S. The van der Waals surface area contributed by atoms with Crippen LogP contribution in [0.1, 0.15) is 18.9 Å². The highest BCUT2D eigenvalue weighted by Crippen LogP contribution is 2.20. The number of carbonyl (C=O) groups is 1. The second-order valence-corrected chi connectivity index (χ2v) is 6.35. The van der Waals surface area contributed by atoms with E-state index in [4.69, 9.17) is 4.74 Å². The first-order chi connectivity index (χ1) is 10.8. The molecule has 2 heterocycles. The first-order valence-corrected chi connectivity index (χ1v) is 8.39. The molecule has 0 radical (unpaired) electrons. The number of nitrogens with zero attached hydrogens (tertiary/aromatic N) is 2. The van der Waals surface area contributed by atoms with Gasteiger partial charge in [-0.25, -0.2) is 0 Å². The third-order valence-corrected chi connectivity index (χ3v) is 4.52. The Labute approximate surface area is 134 Å². The van der Waals surface area contributed by atoms with Gasteiger partial charge < -0.3 is 10.1 Å². The van der Waals surface area contributed by atoms with Gasteiger partial charge in [-0.2, -0.15) is 5.10 Å². The number of carbonyl (C=O) groups excluding carboxylic acids is 1. The fourth-order valence-corrected chi connectivity index (χ4v) is 3.21. The van der Waals surface area contributed by atoms with Crippen LogP contribution in [0, 0.1) is 0 Å². The SMILES string of the molecule is O=C(CCSc1ccccc1)Nc1cnn([C@@H]2CCOC2)c1. The Kier molecular flexibility index (Phi) is 5.13. The third kappa shape index (κ3) is 4.11. The van der Waals surface area contributed by atoms with Crippen molar-refractivity contribution in [3.05, 3.63) is 42.7 Å². The fraction of sp³-hybridized carbons (Fsp3) is 0.375. The summed E-state index contributed by atoms with van der Waals surface area (Å²) in [5.74, 6) is 0.783. The van der Waals surface area contributed by atoms with Gasteiger partial charge in [-0.05, 0) is 18.6 Å². The largest absolute Gasteiger partial charge is 0.379 e. The second kappa shape index (κ2) is 7.47. The standard InChI is InChI=1S/C16H19N3O2S/c20-16(7-9-22-15-4-2-1-3-5-15)18-13-10-17-19(11-13)14-6-8-21-12-14/h1-5,10-11,14H,6-9,12H2,(H,18,20)/t14-/m1/s1. The van der Waals surface area contributed by atoms with Crippen molar-refractivity contribution in [2.24, 2.45) is 0 Å². The highest BCUT2D eigenvalue weighted by Gasteiger charge is 2.18. The van der Waals surface area contributed by atoms with Crippen LogP contribution >= 0.6 is 11.8 Å². The van der Waals surface area contributed by atoms with Gasteiger partial charge in [-0.3, -0.25) is 9.48 Å². The summed E-state index contributed by atoms with van der Waals surface area (Å²) < 4.78 is 7.22. The highest BCUT2D eigenvalue weighted by atomic mass is 32.2. The predicted octanol–water partition coefficient (Wildman–Crippen LogP) is 2.97. The number of thioether (sulfide) groups is 1. The van der Waals surface area contributed by atoms with Crippen LogP contribution in [0.25, 0.3) is 0 Å². The van der Waals surface area contributed by atoms with Crippen LogP contribution in [0.2, 0.25) is 0 Å². The number of aromatic nitrogens is 2. The Balaban J connectivity index is 1.43. The van der Waals surface area contributed by atoms with Gasteiger partial charge in [0.25, 0.3) is 0 Å². The topological polar surface area (TPSA) is 56.2 Å². The maximum absolute atomic E-state index is 11.9. The molecule has 1 aromatic carbocycles. The van der Waals surface area contributed by atoms with Crippen LogP contribution < -0.4 is 5.32 Å². The lowest BCUT2D eigenvalue weighted by Gasteiger charge is -2.07. The van der Waals surface area contributed by atoms with Crippen molar-refractivity contribution in [3.63, 3.8) is 0 Å². The predicted molar refractivity (Wildman–Crippen MR) is 87.1 cm³/mol. The van der Waals surface area contributed by atoms with Gasteiger partial charge in [0, 0.05) is 29.9 Å². The zero-order chi connectivity index (χ0) is 15.2. The molecule has 0 aliphatic carbocycles. The van der Waals surface area contributed by atoms with Crippen LogP contribution in [-0.4, -0.2) is 34.7 Å². The van der Waals surface area contributed by atoms with Gasteiger partial charge in [0.1, 0.15) is 0 Å². The Morgan fingerprint density at radius 2 is 2.27 bits per heavy atom. The van der Waals surface area contributed by atoms with Gasteiger partial charge in [0.2, 0.25) is 5.91 Å². The lowest BCUT2D eigenvalue weighted by Crippen LogP contribution is -2.12. The molecular weight excluding hydrogens is 298 g/mol. The van der Waals surface area contributed by atoms with Gasteiger partial charge >= 0.3 is 0 Å². The van der Waals surface area contributed by atoms with E-state index < -0.39 is 0 Å². The minimum Gasteiger partial charge on any atom is -0.379 e. The zero-order valence-corrected chi connectivity index (χ0v) is 13.1. The summed E-state index contributed by atoms with van der Waals surface area (Å²) in [7, 11) is 0. The molecule has 0 unspecified atom stereocenters. The highest BCUT2D eigenvalue weighted by molar-refractivity contribution is 7.99. The van der Waals surface area contributed by atoms with Gasteiger partial charge in [-0.15, -0.1) is 11.8 Å². The third-order valence-electron chi connectivity index (χ3n) is 3.51. The Hall–Kier alpha value is -1.79. The summed E-state index contributed by atoms with van der Waals surface area (Å²) >= 11 is 1.69. The molecule has 5 nitrogen and oxygen atoms in total. The Morgan fingerprint density at radius 1 is 1.41 bits per heavy atom. The average molecular weight is 317 g/mol. The monoisotopic (exact) mass is 317 g/mol. The molecule has 1 atom stereocenters. The van der Waals surface area contributed by atoms with Gasteiger partial charge in [0.05, 0.1) is 24.5 Å². The molecule has 1 fully saturated rings. The molecule has 0 bridgehead atoms. The summed E-state index contributed by atoms with van der Waals surface area (Å²) in [6.45, 7) is 1.48. The molecule has 116 valence electrons. The first kappa shape index (κ1) is 15.1. The van der Waals surface area contributed by atoms with Crippen molar-refractivity contribution in [2.45, 2.75) is 23.8 Å². The van der Waals surface area contributed by atoms with Crippen molar-refractivity contribution in [1.29, 1.82) is 0 Å². The molecule has 0 spiro atoms. The maximum atomic E-state index is 11.9. The van der Waals surface area contributed by atoms with E-state index >= 15 is 0 Å². The smallest absolute Gasteiger partial charge is 0.225 e. The lowest BCUT2D eigenvalue weighted by atomic mass is 10.3. The molecule has 2 aromatic rings. The normalized spacial score (nSPS) is 17.5. The number of benzene rings is 1. The van der Waals surface area contributed by atoms with E-state index in [9.17, 15) is 4.79 Å². The van der Waals surface area contributed by atoms with E-state index in [1.807, 2.05) is 29.1 Å². The van der Waals surface area contributed by atoms with E-state index in [-0.39, 0.29) is 5.91 Å². The number of hydrogen-bond donors (Lipinski definition) is 1. The summed E-state index contributed by atoms with van der Waals surface area (Å²) in [5, 5.41) is 7.19. The lowest BCUT2D eigenvalue weighted by molar-refractivity contribution is -0.115. The van der Waals surface area contributed by atoms with Crippen molar-refractivity contribution in [1.82, 2.24) is 9.78 Å². The molecule has 1 aliphatic heterocycles. The average Bonchev–Trinajstić information content (AvgIpc) is 3.19. The molecule has 6 heteroatoms. The van der Waals surface area contributed by atoms with Gasteiger partial charge in [0.15, 0.2) is 0 Å². The molecule has 1 aliphatic rings. The molecule has 0 saturated carbocycles. The van der Waals surface area contributed by atoms with Crippen LogP contribution in [0.3, 0.4) is 0 Å². The molecule has 1 aromatic heterocycles. The van der Waals surface area contributed by atoms with Crippen molar-refractivity contribution < 1.29 is 9.53 Å². The van der Waals surface area contributed by atoms with Gasteiger partial charge in [-0.1, -0.05) is 18.2 Å². The maximum Gasteiger partial charge on any atom is 0.225 e. The number of ether oxygens (including phenoxy) is 1. The van der Waals surface area contributed by atoms with E-state index in [0.29, 0.717) is 19.1 Å². The summed E-state index contributed by atoms with van der Waals surface area (Å²) in [6, 6.07) is 10.4. The zero-order valence-electron chi connectivity index (χ0n) is 12.3. The van der Waals surface area contributed by atoms with Crippen molar-refractivity contribution in [3.8, 4) is 0 Å². The number of hydrogen-bond acceptors (Lipinski definition) is 4.